The standard InChI is InChI=1S/C39H26BrNO5/c40-39-30-12-6-4-10-28(30)33(29-11-5-7-13-31(29)39)34-35(39)37(44)41(36(34)43)27-20-18-26(19-21-27)38(45)46-22-32(42)25-16-14-24(15-17-25)23-8-2-1-3-9-23/h1-21,33-35H,22H2/t33?,34-,35-,39?/m0/s1. The number of alkyl halides is 1. The number of benzene rings is 5. The van der Waals surface area contributed by atoms with Gasteiger partial charge in [-0.1, -0.05) is 119 Å². The van der Waals surface area contributed by atoms with E-state index in [0.717, 1.165) is 33.4 Å². The molecule has 0 radical (unpaired) electrons. The Labute approximate surface area is 273 Å². The Morgan fingerprint density at radius 2 is 1.20 bits per heavy atom. The van der Waals surface area contributed by atoms with Crippen LogP contribution in [-0.2, 0) is 18.7 Å². The van der Waals surface area contributed by atoms with Gasteiger partial charge >= 0.3 is 5.97 Å². The molecule has 0 spiro atoms. The van der Waals surface area contributed by atoms with Crippen molar-refractivity contribution in [1.29, 1.82) is 0 Å². The van der Waals surface area contributed by atoms with Crippen molar-refractivity contribution in [1.82, 2.24) is 0 Å². The lowest BCUT2D eigenvalue weighted by Gasteiger charge is -2.51. The van der Waals surface area contributed by atoms with Gasteiger partial charge in [0.25, 0.3) is 0 Å². The smallest absolute Gasteiger partial charge is 0.338 e. The highest BCUT2D eigenvalue weighted by Crippen LogP contribution is 2.66. The minimum Gasteiger partial charge on any atom is -0.454 e. The van der Waals surface area contributed by atoms with Crippen molar-refractivity contribution in [3.63, 3.8) is 0 Å². The highest BCUT2D eigenvalue weighted by Gasteiger charge is 2.67. The molecular formula is C39H26BrNO5. The van der Waals surface area contributed by atoms with E-state index >= 15 is 0 Å². The van der Waals surface area contributed by atoms with Crippen LogP contribution in [0.3, 0.4) is 0 Å². The first kappa shape index (κ1) is 28.3. The van der Waals surface area contributed by atoms with Gasteiger partial charge in [-0.2, -0.15) is 0 Å². The van der Waals surface area contributed by atoms with Gasteiger partial charge in [0, 0.05) is 11.5 Å². The van der Waals surface area contributed by atoms with Crippen LogP contribution in [0.15, 0.2) is 127 Å². The van der Waals surface area contributed by atoms with E-state index in [2.05, 4.69) is 15.9 Å². The molecule has 6 nitrogen and oxygen atoms in total. The van der Waals surface area contributed by atoms with Crippen molar-refractivity contribution in [3.05, 3.63) is 161 Å². The zero-order chi connectivity index (χ0) is 31.6. The predicted molar refractivity (Wildman–Crippen MR) is 177 cm³/mol. The molecule has 0 aromatic heterocycles. The monoisotopic (exact) mass is 667 g/mol. The number of amides is 2. The van der Waals surface area contributed by atoms with E-state index < -0.39 is 28.7 Å². The molecule has 1 aliphatic heterocycles. The molecule has 0 saturated carbocycles. The third-order valence-electron chi connectivity index (χ3n) is 9.52. The fourth-order valence-electron chi connectivity index (χ4n) is 7.46. The average Bonchev–Trinajstić information content (AvgIpc) is 3.38. The summed E-state index contributed by atoms with van der Waals surface area (Å²) in [6.45, 7) is -0.409. The number of Topliss-reactive ketones (excluding diaryl/α,β-unsaturated/α-hetero) is 1. The van der Waals surface area contributed by atoms with Crippen LogP contribution in [0.1, 0.15) is 48.9 Å². The number of carbonyl (C=O) groups is 4. The molecule has 7 heteroatoms. The van der Waals surface area contributed by atoms with Gasteiger partial charge in [-0.05, 0) is 57.6 Å². The first-order valence-corrected chi connectivity index (χ1v) is 15.9. The maximum Gasteiger partial charge on any atom is 0.338 e. The first-order chi connectivity index (χ1) is 22.4. The number of carbonyl (C=O) groups excluding carboxylic acids is 4. The number of anilines is 1. The Balaban J connectivity index is 0.996. The number of hydrogen-bond acceptors (Lipinski definition) is 5. The molecule has 1 saturated heterocycles. The molecule has 2 amide bonds. The van der Waals surface area contributed by atoms with E-state index in [0.29, 0.717) is 11.3 Å². The highest BCUT2D eigenvalue weighted by atomic mass is 79.9. The zero-order valence-corrected chi connectivity index (χ0v) is 26.0. The van der Waals surface area contributed by atoms with E-state index in [1.165, 1.54) is 17.0 Å². The van der Waals surface area contributed by atoms with E-state index in [-0.39, 0.29) is 29.1 Å². The Morgan fingerprint density at radius 1 is 0.652 bits per heavy atom. The maximum absolute atomic E-state index is 14.1. The topological polar surface area (TPSA) is 80.8 Å². The van der Waals surface area contributed by atoms with Gasteiger partial charge in [0.05, 0.1) is 27.4 Å². The number of halogens is 1. The highest BCUT2D eigenvalue weighted by molar-refractivity contribution is 9.09. The number of ketones is 1. The molecular weight excluding hydrogens is 642 g/mol. The maximum atomic E-state index is 14.1. The number of nitrogens with zero attached hydrogens (tertiary/aromatic N) is 1. The Bertz CT molecular complexity index is 2010. The summed E-state index contributed by atoms with van der Waals surface area (Å²) in [5.41, 5.74) is 7.22. The summed E-state index contributed by atoms with van der Waals surface area (Å²) in [5, 5.41) is 0. The number of rotatable bonds is 6. The Hall–Kier alpha value is -5.14. The lowest BCUT2D eigenvalue weighted by atomic mass is 9.55. The molecule has 0 unspecified atom stereocenters. The lowest BCUT2D eigenvalue weighted by molar-refractivity contribution is -0.122. The van der Waals surface area contributed by atoms with Crippen molar-refractivity contribution >= 4 is 45.2 Å². The van der Waals surface area contributed by atoms with Gasteiger partial charge in [-0.25, -0.2) is 9.69 Å². The second-order valence-corrected chi connectivity index (χ2v) is 13.1. The average molecular weight is 669 g/mol. The van der Waals surface area contributed by atoms with E-state index in [1.54, 1.807) is 24.3 Å². The van der Waals surface area contributed by atoms with Crippen molar-refractivity contribution in [2.24, 2.45) is 11.8 Å². The summed E-state index contributed by atoms with van der Waals surface area (Å²) in [4.78, 5) is 55.1. The molecule has 5 aromatic rings. The normalized spacial score (nSPS) is 22.2. The molecule has 2 bridgehead atoms. The fourth-order valence-corrected chi connectivity index (χ4v) is 8.66. The largest absolute Gasteiger partial charge is 0.454 e. The third-order valence-corrected chi connectivity index (χ3v) is 10.9. The Kier molecular flexibility index (Phi) is 6.62. The summed E-state index contributed by atoms with van der Waals surface area (Å²) >= 11 is 4.01. The zero-order valence-electron chi connectivity index (χ0n) is 24.4. The number of hydrogen-bond donors (Lipinski definition) is 0. The van der Waals surface area contributed by atoms with Crippen LogP contribution >= 0.6 is 15.9 Å². The van der Waals surface area contributed by atoms with Crippen LogP contribution in [0.2, 0.25) is 0 Å². The molecule has 1 fully saturated rings. The summed E-state index contributed by atoms with van der Waals surface area (Å²) in [5.74, 6) is -2.94. The van der Waals surface area contributed by atoms with Crippen LogP contribution in [-0.4, -0.2) is 30.2 Å². The summed E-state index contributed by atoms with van der Waals surface area (Å²) < 4.78 is 4.49. The SMILES string of the molecule is O=C(COC(=O)c1ccc(N2C(=O)[C@@H]3[C@@H](C2=O)C2c4ccccc4C3(Br)c3ccccc32)cc1)c1ccc(-c2ccccc2)cc1. The van der Waals surface area contributed by atoms with Gasteiger partial charge in [-0.3, -0.25) is 14.4 Å². The molecule has 1 heterocycles. The van der Waals surface area contributed by atoms with Crippen molar-refractivity contribution in [2.45, 2.75) is 10.2 Å². The quantitative estimate of drug-likeness (QED) is 0.0822. The van der Waals surface area contributed by atoms with Crippen molar-refractivity contribution in [2.75, 3.05) is 11.5 Å². The van der Waals surface area contributed by atoms with Crippen molar-refractivity contribution < 1.29 is 23.9 Å². The van der Waals surface area contributed by atoms with E-state index in [4.69, 9.17) is 4.74 Å². The van der Waals surface area contributed by atoms with Gasteiger partial charge in [0.15, 0.2) is 12.4 Å². The van der Waals surface area contributed by atoms with Gasteiger partial charge in [-0.15, -0.1) is 0 Å². The first-order valence-electron chi connectivity index (χ1n) is 15.1. The molecule has 9 rings (SSSR count). The molecule has 3 aliphatic carbocycles. The van der Waals surface area contributed by atoms with Crippen LogP contribution < -0.4 is 4.90 Å². The van der Waals surface area contributed by atoms with Gasteiger partial charge in [0.1, 0.15) is 0 Å². The number of esters is 1. The second kappa shape index (κ2) is 10.7. The summed E-state index contributed by atoms with van der Waals surface area (Å²) in [6.07, 6.45) is 0. The minimum absolute atomic E-state index is 0.212. The molecule has 4 aliphatic rings. The van der Waals surface area contributed by atoms with Crippen molar-refractivity contribution in [3.8, 4) is 11.1 Å². The van der Waals surface area contributed by atoms with E-state index in [1.807, 2.05) is 91.0 Å². The van der Waals surface area contributed by atoms with Crippen LogP contribution in [0.4, 0.5) is 5.69 Å². The van der Waals surface area contributed by atoms with Gasteiger partial charge < -0.3 is 4.74 Å². The lowest BCUT2D eigenvalue weighted by Crippen LogP contribution is -2.50. The van der Waals surface area contributed by atoms with E-state index in [9.17, 15) is 19.2 Å². The molecule has 2 atom stereocenters. The summed E-state index contributed by atoms with van der Waals surface area (Å²) in [7, 11) is 0. The number of ether oxygens (including phenoxy) is 1. The molecule has 224 valence electrons. The molecule has 5 aromatic carbocycles. The Morgan fingerprint density at radius 3 is 1.83 bits per heavy atom. The third kappa shape index (κ3) is 4.15. The molecule has 46 heavy (non-hydrogen) atoms. The minimum atomic E-state index is -0.834. The van der Waals surface area contributed by atoms with Crippen LogP contribution in [0.25, 0.3) is 11.1 Å². The second-order valence-electron chi connectivity index (χ2n) is 11.9. The summed E-state index contributed by atoms with van der Waals surface area (Å²) in [6, 6.07) is 39.2. The van der Waals surface area contributed by atoms with Crippen LogP contribution in [0, 0.1) is 11.8 Å². The fraction of sp³-hybridized carbons (Fsp3) is 0.128. The molecule has 0 N–H and O–H groups in total. The van der Waals surface area contributed by atoms with Crippen LogP contribution in [0.5, 0.6) is 0 Å². The number of imide groups is 1. The van der Waals surface area contributed by atoms with Gasteiger partial charge in [0.2, 0.25) is 11.8 Å². The predicted octanol–water partition coefficient (Wildman–Crippen LogP) is 7.30.